The summed E-state index contributed by atoms with van der Waals surface area (Å²) in [6, 6.07) is 68.1. The van der Waals surface area contributed by atoms with Crippen molar-refractivity contribution < 1.29 is 0 Å². The van der Waals surface area contributed by atoms with Gasteiger partial charge in [-0.2, -0.15) is 10.5 Å². The molecule has 0 aliphatic heterocycles. The van der Waals surface area contributed by atoms with E-state index >= 15 is 0 Å². The van der Waals surface area contributed by atoms with Crippen molar-refractivity contribution in [1.29, 1.82) is 10.5 Å². The van der Waals surface area contributed by atoms with E-state index in [2.05, 4.69) is 157 Å². The van der Waals surface area contributed by atoms with Crippen molar-refractivity contribution in [3.05, 3.63) is 204 Å². The molecular weight excluding hydrogens is 693 g/mol. The summed E-state index contributed by atoms with van der Waals surface area (Å²) in [5, 5.41) is 26.4. The molecule has 0 amide bonds. The fraction of sp³-hybridized carbons (Fsp3) is 0.0566. The first-order chi connectivity index (χ1) is 27.9. The molecule has 0 unspecified atom stereocenters. The number of fused-ring (bicyclic) bond motifs is 10. The van der Waals surface area contributed by atoms with Crippen LogP contribution in [-0.2, 0) is 5.41 Å². The molecule has 0 saturated heterocycles. The molecule has 1 aliphatic rings. The van der Waals surface area contributed by atoms with Crippen molar-refractivity contribution >= 4 is 66.4 Å². The first kappa shape index (κ1) is 33.9. The minimum Gasteiger partial charge on any atom is -0.310 e. The predicted molar refractivity (Wildman–Crippen MR) is 235 cm³/mol. The van der Waals surface area contributed by atoms with Crippen LogP contribution in [-0.4, -0.2) is 0 Å². The van der Waals surface area contributed by atoms with E-state index in [0.717, 1.165) is 34.1 Å². The van der Waals surface area contributed by atoms with Crippen molar-refractivity contribution in [3.8, 4) is 23.3 Å². The molecule has 4 heteroatoms. The lowest BCUT2D eigenvalue weighted by Crippen LogP contribution is -2.16. The summed E-state index contributed by atoms with van der Waals surface area (Å²) < 4.78 is 0. The molecule has 4 nitrogen and oxygen atoms in total. The van der Waals surface area contributed by atoms with Crippen LogP contribution in [0.1, 0.15) is 36.1 Å². The highest BCUT2D eigenvalue weighted by Crippen LogP contribution is 2.57. The molecule has 0 radical (unpaired) electrons. The Labute approximate surface area is 332 Å². The standard InChI is InChI=1S/C53H36N4/c1-53(2)51-44-29-26-42(56(38-11-5-3-6-12-38)40-22-17-35(33-54)18-23-40)31-37(44)21-28-48(51)50-46-16-10-9-15-45(46)49-32-43(27-30-47(49)52(50)53)57(39-13-7-4-8-14-39)41-24-19-36(34-55)20-25-41/h3-32H,1-2H3. The van der Waals surface area contributed by atoms with E-state index in [1.807, 2.05) is 60.7 Å². The molecule has 10 rings (SSSR count). The van der Waals surface area contributed by atoms with Crippen LogP contribution in [0, 0.1) is 22.7 Å². The van der Waals surface area contributed by atoms with Gasteiger partial charge in [-0.15, -0.1) is 0 Å². The Morgan fingerprint density at radius 1 is 0.386 bits per heavy atom. The maximum absolute atomic E-state index is 9.52. The molecule has 57 heavy (non-hydrogen) atoms. The molecule has 0 bridgehead atoms. The van der Waals surface area contributed by atoms with Gasteiger partial charge in [0.1, 0.15) is 0 Å². The van der Waals surface area contributed by atoms with Gasteiger partial charge in [-0.05, 0) is 152 Å². The van der Waals surface area contributed by atoms with Crippen LogP contribution in [0.2, 0.25) is 0 Å². The second-order valence-corrected chi connectivity index (χ2v) is 15.2. The number of benzene rings is 9. The lowest BCUT2D eigenvalue weighted by Gasteiger charge is -2.28. The van der Waals surface area contributed by atoms with Gasteiger partial charge in [0.15, 0.2) is 0 Å². The van der Waals surface area contributed by atoms with Crippen molar-refractivity contribution in [2.45, 2.75) is 19.3 Å². The van der Waals surface area contributed by atoms with Gasteiger partial charge in [0.05, 0.1) is 23.3 Å². The summed E-state index contributed by atoms with van der Waals surface area (Å²) in [4.78, 5) is 4.52. The van der Waals surface area contributed by atoms with Crippen LogP contribution in [0.5, 0.6) is 0 Å². The number of hydrogen-bond donors (Lipinski definition) is 0. The highest BCUT2D eigenvalue weighted by atomic mass is 15.1. The third kappa shape index (κ3) is 5.42. The van der Waals surface area contributed by atoms with E-state index < -0.39 is 0 Å². The Hall–Kier alpha value is -7.66. The summed E-state index contributed by atoms with van der Waals surface area (Å²) in [5.41, 5.74) is 12.5. The molecular formula is C53H36N4. The molecule has 9 aromatic carbocycles. The first-order valence-corrected chi connectivity index (χ1v) is 19.2. The number of nitrogens with zero attached hydrogens (tertiary/aromatic N) is 4. The number of rotatable bonds is 6. The second kappa shape index (κ2) is 13.3. The van der Waals surface area contributed by atoms with Gasteiger partial charge in [-0.25, -0.2) is 0 Å². The Morgan fingerprint density at radius 2 is 0.860 bits per heavy atom. The molecule has 0 N–H and O–H groups in total. The smallest absolute Gasteiger partial charge is 0.0991 e. The minimum atomic E-state index is -0.298. The summed E-state index contributed by atoms with van der Waals surface area (Å²) in [7, 11) is 0. The topological polar surface area (TPSA) is 54.1 Å². The molecule has 0 aromatic heterocycles. The molecule has 0 atom stereocenters. The molecule has 0 saturated carbocycles. The van der Waals surface area contributed by atoms with Crippen LogP contribution < -0.4 is 9.80 Å². The summed E-state index contributed by atoms with van der Waals surface area (Å²) >= 11 is 0. The van der Waals surface area contributed by atoms with E-state index in [1.54, 1.807) is 0 Å². The predicted octanol–water partition coefficient (Wildman–Crippen LogP) is 14.1. The average Bonchev–Trinajstić information content (AvgIpc) is 3.52. The fourth-order valence-electron chi connectivity index (χ4n) is 9.13. The summed E-state index contributed by atoms with van der Waals surface area (Å²) in [5.74, 6) is 0. The molecule has 0 heterocycles. The normalized spacial score (nSPS) is 12.5. The molecule has 9 aromatic rings. The third-order valence-corrected chi connectivity index (χ3v) is 11.6. The Kier molecular flexibility index (Phi) is 7.89. The largest absolute Gasteiger partial charge is 0.310 e. The van der Waals surface area contributed by atoms with Crippen LogP contribution in [0.15, 0.2) is 182 Å². The van der Waals surface area contributed by atoms with E-state index in [9.17, 15) is 10.5 Å². The number of hydrogen-bond acceptors (Lipinski definition) is 4. The zero-order valence-corrected chi connectivity index (χ0v) is 31.6. The number of nitriles is 2. The first-order valence-electron chi connectivity index (χ1n) is 19.2. The second-order valence-electron chi connectivity index (χ2n) is 15.2. The van der Waals surface area contributed by atoms with E-state index in [1.165, 1.54) is 54.6 Å². The maximum Gasteiger partial charge on any atom is 0.0991 e. The zero-order chi connectivity index (χ0) is 38.7. The zero-order valence-electron chi connectivity index (χ0n) is 31.6. The Morgan fingerprint density at radius 3 is 1.42 bits per heavy atom. The monoisotopic (exact) mass is 728 g/mol. The summed E-state index contributed by atoms with van der Waals surface area (Å²) in [6.07, 6.45) is 0. The van der Waals surface area contributed by atoms with Gasteiger partial charge in [-0.3, -0.25) is 0 Å². The quantitative estimate of drug-likeness (QED) is 0.160. The van der Waals surface area contributed by atoms with Gasteiger partial charge in [-0.1, -0.05) is 98.8 Å². The van der Waals surface area contributed by atoms with Crippen LogP contribution in [0.4, 0.5) is 34.1 Å². The minimum absolute atomic E-state index is 0.298. The third-order valence-electron chi connectivity index (χ3n) is 11.6. The highest BCUT2D eigenvalue weighted by molar-refractivity contribution is 6.20. The van der Waals surface area contributed by atoms with Crippen LogP contribution >= 0.6 is 0 Å². The van der Waals surface area contributed by atoms with Crippen molar-refractivity contribution in [1.82, 2.24) is 0 Å². The van der Waals surface area contributed by atoms with E-state index in [0.29, 0.717) is 11.1 Å². The Balaban J connectivity index is 1.15. The molecule has 1 aliphatic carbocycles. The SMILES string of the molecule is CC1(C)c2c(ccc3cc(N(c4ccccc4)c4ccc(C#N)cc4)ccc23)-c2c1c1ccc(N(c3ccccc3)c3ccc(C#N)cc3)cc1c1ccccc21. The molecule has 268 valence electrons. The van der Waals surface area contributed by atoms with E-state index in [4.69, 9.17) is 0 Å². The molecule has 0 spiro atoms. The average molecular weight is 729 g/mol. The van der Waals surface area contributed by atoms with Crippen molar-refractivity contribution in [2.24, 2.45) is 0 Å². The van der Waals surface area contributed by atoms with Crippen molar-refractivity contribution in [3.63, 3.8) is 0 Å². The number of para-hydroxylation sites is 2. The van der Waals surface area contributed by atoms with Gasteiger partial charge >= 0.3 is 0 Å². The van der Waals surface area contributed by atoms with Gasteiger partial charge in [0.25, 0.3) is 0 Å². The van der Waals surface area contributed by atoms with Gasteiger partial charge < -0.3 is 9.80 Å². The lowest BCUT2D eigenvalue weighted by atomic mass is 9.77. The summed E-state index contributed by atoms with van der Waals surface area (Å²) in [6.45, 7) is 4.76. The highest BCUT2D eigenvalue weighted by Gasteiger charge is 2.40. The van der Waals surface area contributed by atoms with Gasteiger partial charge in [0.2, 0.25) is 0 Å². The lowest BCUT2D eigenvalue weighted by molar-refractivity contribution is 0.672. The van der Waals surface area contributed by atoms with Gasteiger partial charge in [0, 0.05) is 39.5 Å². The van der Waals surface area contributed by atoms with Crippen LogP contribution in [0.25, 0.3) is 43.4 Å². The van der Waals surface area contributed by atoms with Crippen molar-refractivity contribution in [2.75, 3.05) is 9.80 Å². The number of anilines is 6. The maximum atomic E-state index is 9.52. The van der Waals surface area contributed by atoms with E-state index in [-0.39, 0.29) is 5.41 Å². The fourth-order valence-corrected chi connectivity index (χ4v) is 9.13. The Bertz CT molecular complexity index is 3100. The molecule has 0 fully saturated rings. The van der Waals surface area contributed by atoms with Crippen LogP contribution in [0.3, 0.4) is 0 Å².